The van der Waals surface area contributed by atoms with Crippen LogP contribution in [0.5, 0.6) is 11.5 Å². The first kappa shape index (κ1) is 14.3. The van der Waals surface area contributed by atoms with Crippen LogP contribution in [0, 0.1) is 0 Å². The van der Waals surface area contributed by atoms with E-state index in [0.717, 1.165) is 11.3 Å². The molecule has 1 aromatic heterocycles. The number of benzene rings is 2. The summed E-state index contributed by atoms with van der Waals surface area (Å²) in [4.78, 5) is 14.9. The van der Waals surface area contributed by atoms with Crippen LogP contribution in [0.1, 0.15) is 11.3 Å². The average Bonchev–Trinajstić information content (AvgIpc) is 3.06. The number of aromatic amines is 1. The molecule has 0 saturated carbocycles. The molecule has 0 saturated heterocycles. The van der Waals surface area contributed by atoms with Gasteiger partial charge in [-0.25, -0.2) is 0 Å². The molecule has 4 rings (SSSR count). The Hall–Kier alpha value is -3.35. The number of hydrogen-bond acceptors (Lipinski definition) is 6. The highest BCUT2D eigenvalue weighted by atomic mass is 16.7. The minimum atomic E-state index is -0.267. The predicted molar refractivity (Wildman–Crippen MR) is 87.7 cm³/mol. The van der Waals surface area contributed by atoms with E-state index in [1.54, 1.807) is 12.1 Å². The first-order chi connectivity index (χ1) is 11.8. The van der Waals surface area contributed by atoms with Gasteiger partial charge in [-0.2, -0.15) is 0 Å². The van der Waals surface area contributed by atoms with Gasteiger partial charge in [-0.3, -0.25) is 9.78 Å². The molecule has 24 heavy (non-hydrogen) atoms. The maximum Gasteiger partial charge on any atom is 0.274 e. The van der Waals surface area contributed by atoms with Gasteiger partial charge in [0.25, 0.3) is 5.56 Å². The van der Waals surface area contributed by atoms with Gasteiger partial charge >= 0.3 is 0 Å². The molecule has 2 heterocycles. The normalized spacial score (nSPS) is 12.2. The van der Waals surface area contributed by atoms with E-state index in [1.807, 2.05) is 36.4 Å². The summed E-state index contributed by atoms with van der Waals surface area (Å²) in [7, 11) is 0. The minimum Gasteiger partial charge on any atom is -0.454 e. The second-order valence-corrected chi connectivity index (χ2v) is 5.30. The van der Waals surface area contributed by atoms with Crippen molar-refractivity contribution < 1.29 is 9.47 Å². The SMILES string of the molecule is O=c1[nH]c(Nc2ccc3c(c2)OCO3)nnc1Cc1ccccc1. The lowest BCUT2D eigenvalue weighted by Crippen LogP contribution is -2.18. The number of nitrogens with zero attached hydrogens (tertiary/aromatic N) is 2. The van der Waals surface area contributed by atoms with Crippen molar-refractivity contribution in [3.8, 4) is 11.5 Å². The third kappa shape index (κ3) is 2.91. The molecule has 1 aliphatic rings. The van der Waals surface area contributed by atoms with Crippen molar-refractivity contribution in [1.29, 1.82) is 0 Å². The van der Waals surface area contributed by atoms with E-state index in [0.29, 0.717) is 23.6 Å². The topological polar surface area (TPSA) is 89.1 Å². The first-order valence-electron chi connectivity index (χ1n) is 7.44. The summed E-state index contributed by atoms with van der Waals surface area (Å²) in [6.45, 7) is 0.212. The lowest BCUT2D eigenvalue weighted by molar-refractivity contribution is 0.174. The lowest BCUT2D eigenvalue weighted by atomic mass is 10.1. The van der Waals surface area contributed by atoms with Gasteiger partial charge in [0.15, 0.2) is 11.5 Å². The summed E-state index contributed by atoms with van der Waals surface area (Å²) >= 11 is 0. The fraction of sp³-hybridized carbons (Fsp3) is 0.118. The Kier molecular flexibility index (Phi) is 3.59. The number of H-pyrrole nitrogens is 1. The molecule has 7 nitrogen and oxygen atoms in total. The summed E-state index contributed by atoms with van der Waals surface area (Å²) < 4.78 is 10.6. The van der Waals surface area contributed by atoms with E-state index < -0.39 is 0 Å². The van der Waals surface area contributed by atoms with E-state index in [9.17, 15) is 4.79 Å². The third-order valence-electron chi connectivity index (χ3n) is 3.61. The number of hydrogen-bond donors (Lipinski definition) is 2. The van der Waals surface area contributed by atoms with Crippen LogP contribution in [0.25, 0.3) is 0 Å². The van der Waals surface area contributed by atoms with Crippen LogP contribution in [-0.2, 0) is 6.42 Å². The van der Waals surface area contributed by atoms with Crippen LogP contribution < -0.4 is 20.3 Å². The van der Waals surface area contributed by atoms with E-state index >= 15 is 0 Å². The summed E-state index contributed by atoms with van der Waals surface area (Å²) in [5.41, 5.74) is 1.84. The Morgan fingerprint density at radius 2 is 1.88 bits per heavy atom. The van der Waals surface area contributed by atoms with Gasteiger partial charge in [0.05, 0.1) is 0 Å². The molecule has 7 heteroatoms. The zero-order valence-corrected chi connectivity index (χ0v) is 12.7. The van der Waals surface area contributed by atoms with Crippen LogP contribution >= 0.6 is 0 Å². The quantitative estimate of drug-likeness (QED) is 0.765. The molecule has 1 aliphatic heterocycles. The highest BCUT2D eigenvalue weighted by Gasteiger charge is 2.14. The molecule has 3 aromatic rings. The molecule has 0 radical (unpaired) electrons. The average molecular weight is 322 g/mol. The van der Waals surface area contributed by atoms with Crippen molar-refractivity contribution in [2.24, 2.45) is 0 Å². The number of fused-ring (bicyclic) bond motifs is 1. The van der Waals surface area contributed by atoms with E-state index in [4.69, 9.17) is 9.47 Å². The highest BCUT2D eigenvalue weighted by molar-refractivity contribution is 5.60. The molecule has 2 aromatic carbocycles. The predicted octanol–water partition coefficient (Wildman–Crippen LogP) is 2.23. The van der Waals surface area contributed by atoms with Gasteiger partial charge in [-0.15, -0.1) is 10.2 Å². The summed E-state index contributed by atoms with van der Waals surface area (Å²) in [5.74, 6) is 1.62. The van der Waals surface area contributed by atoms with Crippen LogP contribution in [0.4, 0.5) is 11.6 Å². The summed E-state index contributed by atoms with van der Waals surface area (Å²) in [6, 6.07) is 15.0. The van der Waals surface area contributed by atoms with E-state index in [-0.39, 0.29) is 18.3 Å². The molecule has 0 fully saturated rings. The van der Waals surface area contributed by atoms with Gasteiger partial charge in [0.1, 0.15) is 5.69 Å². The van der Waals surface area contributed by atoms with Crippen molar-refractivity contribution in [3.63, 3.8) is 0 Å². The Bertz CT molecular complexity index is 925. The molecule has 0 aliphatic carbocycles. The van der Waals surface area contributed by atoms with Gasteiger partial charge < -0.3 is 14.8 Å². The van der Waals surface area contributed by atoms with Gasteiger partial charge in [-0.1, -0.05) is 30.3 Å². The van der Waals surface area contributed by atoms with Crippen LogP contribution in [0.15, 0.2) is 53.3 Å². The van der Waals surface area contributed by atoms with Crippen LogP contribution in [0.2, 0.25) is 0 Å². The Morgan fingerprint density at radius 1 is 1.04 bits per heavy atom. The second kappa shape index (κ2) is 6.04. The number of nitrogens with one attached hydrogen (secondary N) is 2. The standard InChI is InChI=1S/C17H14N4O3/c22-16-13(8-11-4-2-1-3-5-11)20-21-17(19-16)18-12-6-7-14-15(9-12)24-10-23-14/h1-7,9H,8,10H2,(H2,18,19,21,22). The molecular weight excluding hydrogens is 308 g/mol. The van der Waals surface area contributed by atoms with Gasteiger partial charge in [0, 0.05) is 18.2 Å². The summed E-state index contributed by atoms with van der Waals surface area (Å²) in [6.07, 6.45) is 0.438. The number of aromatic nitrogens is 3. The molecule has 0 atom stereocenters. The Labute approximate surface area is 137 Å². The molecule has 0 amide bonds. The van der Waals surface area contributed by atoms with Crippen molar-refractivity contribution in [2.45, 2.75) is 6.42 Å². The fourth-order valence-corrected chi connectivity index (χ4v) is 2.43. The second-order valence-electron chi connectivity index (χ2n) is 5.30. The Morgan fingerprint density at radius 3 is 2.71 bits per heavy atom. The van der Waals surface area contributed by atoms with E-state index in [2.05, 4.69) is 20.5 Å². The smallest absolute Gasteiger partial charge is 0.274 e. The van der Waals surface area contributed by atoms with Gasteiger partial charge in [0.2, 0.25) is 12.7 Å². The number of anilines is 2. The largest absolute Gasteiger partial charge is 0.454 e. The number of ether oxygens (including phenoxy) is 2. The van der Waals surface area contributed by atoms with Crippen molar-refractivity contribution in [3.05, 3.63) is 70.1 Å². The highest BCUT2D eigenvalue weighted by Crippen LogP contribution is 2.34. The molecule has 120 valence electrons. The van der Waals surface area contributed by atoms with Crippen molar-refractivity contribution in [1.82, 2.24) is 15.2 Å². The Balaban J connectivity index is 1.53. The van der Waals surface area contributed by atoms with Crippen molar-refractivity contribution >= 4 is 11.6 Å². The van der Waals surface area contributed by atoms with Crippen LogP contribution in [0.3, 0.4) is 0 Å². The van der Waals surface area contributed by atoms with Gasteiger partial charge in [-0.05, 0) is 17.7 Å². The third-order valence-corrected chi connectivity index (χ3v) is 3.61. The van der Waals surface area contributed by atoms with Crippen LogP contribution in [-0.4, -0.2) is 22.0 Å². The monoisotopic (exact) mass is 322 g/mol. The minimum absolute atomic E-state index is 0.212. The van der Waals surface area contributed by atoms with Crippen molar-refractivity contribution in [2.75, 3.05) is 12.1 Å². The fourth-order valence-electron chi connectivity index (χ4n) is 2.43. The maximum absolute atomic E-state index is 12.2. The molecule has 0 spiro atoms. The molecule has 0 bridgehead atoms. The maximum atomic E-state index is 12.2. The lowest BCUT2D eigenvalue weighted by Gasteiger charge is -2.06. The first-order valence-corrected chi connectivity index (χ1v) is 7.44. The number of rotatable bonds is 4. The van der Waals surface area contributed by atoms with E-state index in [1.165, 1.54) is 0 Å². The zero-order chi connectivity index (χ0) is 16.4. The zero-order valence-electron chi connectivity index (χ0n) is 12.7. The molecular formula is C17H14N4O3. The summed E-state index contributed by atoms with van der Waals surface area (Å²) in [5, 5.41) is 11.1. The molecule has 0 unspecified atom stereocenters. The molecule has 2 N–H and O–H groups in total.